The Balaban J connectivity index is 2.09. The molecule has 106 valence electrons. The SMILES string of the molecule is CCC(C)N(C)CCNC(=O)CC1CSCCN1. The molecule has 0 spiro atoms. The highest BCUT2D eigenvalue weighted by molar-refractivity contribution is 7.99. The first-order valence-corrected chi connectivity index (χ1v) is 8.07. The fourth-order valence-corrected chi connectivity index (χ4v) is 2.90. The molecule has 1 aliphatic rings. The van der Waals surface area contributed by atoms with E-state index in [9.17, 15) is 4.79 Å². The molecule has 5 heteroatoms. The lowest BCUT2D eigenvalue weighted by Crippen LogP contribution is -2.43. The van der Waals surface area contributed by atoms with Crippen LogP contribution in [-0.2, 0) is 4.79 Å². The first-order chi connectivity index (χ1) is 8.63. The van der Waals surface area contributed by atoms with E-state index >= 15 is 0 Å². The van der Waals surface area contributed by atoms with Crippen molar-refractivity contribution in [3.8, 4) is 0 Å². The van der Waals surface area contributed by atoms with Crippen molar-refractivity contribution < 1.29 is 4.79 Å². The van der Waals surface area contributed by atoms with Crippen LogP contribution in [0.25, 0.3) is 0 Å². The number of hydrogen-bond acceptors (Lipinski definition) is 4. The molecule has 4 nitrogen and oxygen atoms in total. The standard InChI is InChI=1S/C13H27N3OS/c1-4-11(2)16(3)7-5-15-13(17)9-12-10-18-8-6-14-12/h11-12,14H,4-10H2,1-3H3,(H,15,17). The lowest BCUT2D eigenvalue weighted by molar-refractivity contribution is -0.121. The van der Waals surface area contributed by atoms with E-state index in [1.807, 2.05) is 11.8 Å². The maximum absolute atomic E-state index is 11.8. The molecule has 1 amide bonds. The summed E-state index contributed by atoms with van der Waals surface area (Å²) in [5, 5.41) is 6.39. The Morgan fingerprint density at radius 3 is 3.00 bits per heavy atom. The van der Waals surface area contributed by atoms with Gasteiger partial charge in [0.05, 0.1) is 0 Å². The Bertz CT molecular complexity index is 244. The summed E-state index contributed by atoms with van der Waals surface area (Å²) in [7, 11) is 2.11. The van der Waals surface area contributed by atoms with E-state index in [-0.39, 0.29) is 5.91 Å². The second kappa shape index (κ2) is 8.77. The van der Waals surface area contributed by atoms with Gasteiger partial charge in [-0.3, -0.25) is 4.79 Å². The third-order valence-corrected chi connectivity index (χ3v) is 4.69. The summed E-state index contributed by atoms with van der Waals surface area (Å²) in [6.07, 6.45) is 1.76. The number of carbonyl (C=O) groups is 1. The molecule has 0 bridgehead atoms. The predicted octanol–water partition coefficient (Wildman–Crippen LogP) is 0.928. The van der Waals surface area contributed by atoms with E-state index in [1.54, 1.807) is 0 Å². The van der Waals surface area contributed by atoms with Gasteiger partial charge in [0.2, 0.25) is 5.91 Å². The quantitative estimate of drug-likeness (QED) is 0.724. The summed E-state index contributed by atoms with van der Waals surface area (Å²) in [6, 6.07) is 0.939. The average molecular weight is 273 g/mol. The van der Waals surface area contributed by atoms with Gasteiger partial charge in [-0.15, -0.1) is 0 Å². The molecule has 0 radical (unpaired) electrons. The van der Waals surface area contributed by atoms with Gasteiger partial charge in [0.25, 0.3) is 0 Å². The van der Waals surface area contributed by atoms with E-state index in [4.69, 9.17) is 0 Å². The second-order valence-corrected chi connectivity index (χ2v) is 6.17. The minimum Gasteiger partial charge on any atom is -0.355 e. The zero-order valence-corrected chi connectivity index (χ0v) is 12.7. The van der Waals surface area contributed by atoms with Gasteiger partial charge < -0.3 is 15.5 Å². The minimum atomic E-state index is 0.174. The molecule has 1 saturated heterocycles. The van der Waals surface area contributed by atoms with E-state index in [0.29, 0.717) is 18.5 Å². The molecule has 2 unspecified atom stereocenters. The summed E-state index contributed by atoms with van der Waals surface area (Å²) in [6.45, 7) is 7.10. The summed E-state index contributed by atoms with van der Waals surface area (Å²) in [5.41, 5.74) is 0. The van der Waals surface area contributed by atoms with Crippen LogP contribution in [0.15, 0.2) is 0 Å². The van der Waals surface area contributed by atoms with Crippen LogP contribution >= 0.6 is 11.8 Å². The lowest BCUT2D eigenvalue weighted by Gasteiger charge is -2.24. The van der Waals surface area contributed by atoms with Gasteiger partial charge in [-0.05, 0) is 20.4 Å². The van der Waals surface area contributed by atoms with Crippen LogP contribution in [0.2, 0.25) is 0 Å². The topological polar surface area (TPSA) is 44.4 Å². The number of rotatable bonds is 7. The third kappa shape index (κ3) is 6.07. The second-order valence-electron chi connectivity index (χ2n) is 5.02. The highest BCUT2D eigenvalue weighted by atomic mass is 32.2. The molecule has 1 rings (SSSR count). The normalized spacial score (nSPS) is 21.9. The number of thioether (sulfide) groups is 1. The molecule has 1 heterocycles. The minimum absolute atomic E-state index is 0.174. The van der Waals surface area contributed by atoms with Gasteiger partial charge in [-0.1, -0.05) is 6.92 Å². The summed E-state index contributed by atoms with van der Waals surface area (Å²) < 4.78 is 0. The van der Waals surface area contributed by atoms with Gasteiger partial charge in [0.1, 0.15) is 0 Å². The van der Waals surface area contributed by atoms with Crippen molar-refractivity contribution in [3.05, 3.63) is 0 Å². The van der Waals surface area contributed by atoms with Gasteiger partial charge in [-0.2, -0.15) is 11.8 Å². The van der Waals surface area contributed by atoms with Crippen molar-refractivity contribution in [2.75, 3.05) is 38.2 Å². The van der Waals surface area contributed by atoms with E-state index in [0.717, 1.165) is 37.6 Å². The molecule has 0 saturated carbocycles. The average Bonchev–Trinajstić information content (AvgIpc) is 2.38. The first-order valence-electron chi connectivity index (χ1n) is 6.91. The first kappa shape index (κ1) is 15.8. The Kier molecular flexibility index (Phi) is 7.70. The van der Waals surface area contributed by atoms with Crippen LogP contribution in [0.3, 0.4) is 0 Å². The van der Waals surface area contributed by atoms with Crippen LogP contribution in [-0.4, -0.2) is 61.1 Å². The van der Waals surface area contributed by atoms with E-state index in [2.05, 4.69) is 36.4 Å². The number of nitrogens with zero attached hydrogens (tertiary/aromatic N) is 1. The van der Waals surface area contributed by atoms with Gasteiger partial charge >= 0.3 is 0 Å². The van der Waals surface area contributed by atoms with Crippen molar-refractivity contribution in [1.82, 2.24) is 15.5 Å². The summed E-state index contributed by atoms with van der Waals surface area (Å²) >= 11 is 1.93. The maximum Gasteiger partial charge on any atom is 0.221 e. The number of carbonyl (C=O) groups excluding carboxylic acids is 1. The van der Waals surface area contributed by atoms with Crippen molar-refractivity contribution in [2.45, 2.75) is 38.8 Å². The largest absolute Gasteiger partial charge is 0.355 e. The molecule has 2 N–H and O–H groups in total. The van der Waals surface area contributed by atoms with Crippen LogP contribution in [0.1, 0.15) is 26.7 Å². The van der Waals surface area contributed by atoms with Crippen molar-refractivity contribution >= 4 is 17.7 Å². The molecule has 2 atom stereocenters. The number of hydrogen-bond donors (Lipinski definition) is 2. The Morgan fingerprint density at radius 2 is 2.39 bits per heavy atom. The molecule has 18 heavy (non-hydrogen) atoms. The smallest absolute Gasteiger partial charge is 0.221 e. The predicted molar refractivity (Wildman–Crippen MR) is 79.1 cm³/mol. The molecule has 0 aromatic rings. The van der Waals surface area contributed by atoms with Crippen LogP contribution in [0.4, 0.5) is 0 Å². The molecule has 0 aliphatic carbocycles. The van der Waals surface area contributed by atoms with Crippen molar-refractivity contribution in [3.63, 3.8) is 0 Å². The Labute approximate surface area is 115 Å². The van der Waals surface area contributed by atoms with Crippen LogP contribution in [0.5, 0.6) is 0 Å². The third-order valence-electron chi connectivity index (χ3n) is 3.56. The fourth-order valence-electron chi connectivity index (χ4n) is 1.95. The number of nitrogens with one attached hydrogen (secondary N) is 2. The zero-order valence-electron chi connectivity index (χ0n) is 11.9. The van der Waals surface area contributed by atoms with E-state index < -0.39 is 0 Å². The Hall–Kier alpha value is -0.260. The van der Waals surface area contributed by atoms with Gasteiger partial charge in [0, 0.05) is 49.6 Å². The molecule has 0 aromatic heterocycles. The number of likely N-dealkylation sites (N-methyl/N-ethyl adjacent to an activating group) is 1. The molecular weight excluding hydrogens is 246 g/mol. The van der Waals surface area contributed by atoms with E-state index in [1.165, 1.54) is 0 Å². The fraction of sp³-hybridized carbons (Fsp3) is 0.923. The molecule has 1 aliphatic heterocycles. The molecular formula is C13H27N3OS. The highest BCUT2D eigenvalue weighted by Crippen LogP contribution is 2.09. The highest BCUT2D eigenvalue weighted by Gasteiger charge is 2.16. The van der Waals surface area contributed by atoms with Crippen LogP contribution in [0, 0.1) is 0 Å². The Morgan fingerprint density at radius 1 is 1.61 bits per heavy atom. The molecule has 0 aromatic carbocycles. The lowest BCUT2D eigenvalue weighted by atomic mass is 10.2. The summed E-state index contributed by atoms with van der Waals surface area (Å²) in [4.78, 5) is 14.0. The maximum atomic E-state index is 11.8. The zero-order chi connectivity index (χ0) is 13.4. The molecule has 1 fully saturated rings. The number of amides is 1. The van der Waals surface area contributed by atoms with Crippen LogP contribution < -0.4 is 10.6 Å². The monoisotopic (exact) mass is 273 g/mol. The van der Waals surface area contributed by atoms with Crippen molar-refractivity contribution in [1.29, 1.82) is 0 Å². The summed E-state index contributed by atoms with van der Waals surface area (Å²) in [5.74, 6) is 2.39. The van der Waals surface area contributed by atoms with Gasteiger partial charge in [-0.25, -0.2) is 0 Å². The van der Waals surface area contributed by atoms with Crippen molar-refractivity contribution in [2.24, 2.45) is 0 Å². The van der Waals surface area contributed by atoms with Gasteiger partial charge in [0.15, 0.2) is 0 Å².